The van der Waals surface area contributed by atoms with Crippen molar-refractivity contribution in [3.63, 3.8) is 0 Å². The van der Waals surface area contributed by atoms with Crippen LogP contribution in [0.25, 0.3) is 0 Å². The number of nitrogens with one attached hydrogen (secondary N) is 1. The second-order valence-corrected chi connectivity index (χ2v) is 7.92. The minimum Gasteiger partial charge on any atom is -0.507 e. The summed E-state index contributed by atoms with van der Waals surface area (Å²) in [5.74, 6) is 0.808. The summed E-state index contributed by atoms with van der Waals surface area (Å²) in [6.07, 6.45) is 3.75. The van der Waals surface area contributed by atoms with Gasteiger partial charge in [-0.25, -0.2) is 0 Å². The Morgan fingerprint density at radius 2 is 2.04 bits per heavy atom. The number of hydrogen-bond donors (Lipinski definition) is 2. The van der Waals surface area contributed by atoms with E-state index >= 15 is 0 Å². The standard InChI is InChI=1S/C21H29N3O2/c1-13(2)16-10-17(14(3)4)20(25)18(11-16)21(26)24-9-5-6-15(12-24)19-7-8-22-23-19/h7-8,10-11,13-15,25H,5-6,9,12H2,1-4H3,(H,22,23)/t15-/m0/s1. The number of likely N-dealkylation sites (tertiary alicyclic amines) is 1. The first-order chi connectivity index (χ1) is 12.4. The molecule has 0 bridgehead atoms. The normalized spacial score (nSPS) is 17.9. The van der Waals surface area contributed by atoms with Crippen molar-refractivity contribution in [3.8, 4) is 5.75 Å². The van der Waals surface area contributed by atoms with Gasteiger partial charge in [-0.2, -0.15) is 5.10 Å². The van der Waals surface area contributed by atoms with E-state index in [1.165, 1.54) is 0 Å². The first kappa shape index (κ1) is 18.5. The molecule has 3 rings (SSSR count). The number of phenols is 1. The van der Waals surface area contributed by atoms with Crippen LogP contribution >= 0.6 is 0 Å². The zero-order valence-electron chi connectivity index (χ0n) is 16.1. The van der Waals surface area contributed by atoms with Gasteiger partial charge < -0.3 is 10.0 Å². The number of aromatic amines is 1. The minimum absolute atomic E-state index is 0.0730. The summed E-state index contributed by atoms with van der Waals surface area (Å²) in [7, 11) is 0. The third kappa shape index (κ3) is 3.62. The van der Waals surface area contributed by atoms with Gasteiger partial charge >= 0.3 is 0 Å². The van der Waals surface area contributed by atoms with E-state index in [-0.39, 0.29) is 23.5 Å². The molecule has 0 radical (unpaired) electrons. The smallest absolute Gasteiger partial charge is 0.257 e. The summed E-state index contributed by atoms with van der Waals surface area (Å²) in [6, 6.07) is 5.88. The van der Waals surface area contributed by atoms with Crippen LogP contribution < -0.4 is 0 Å². The van der Waals surface area contributed by atoms with Crippen LogP contribution in [0.1, 0.15) is 85.5 Å². The maximum Gasteiger partial charge on any atom is 0.257 e. The van der Waals surface area contributed by atoms with Crippen molar-refractivity contribution >= 4 is 5.91 Å². The summed E-state index contributed by atoms with van der Waals surface area (Å²) in [5, 5.41) is 17.8. The third-order valence-corrected chi connectivity index (χ3v) is 5.35. The predicted octanol–water partition coefficient (Wildman–Crippen LogP) is 4.38. The Balaban J connectivity index is 1.91. The zero-order chi connectivity index (χ0) is 18.8. The Morgan fingerprint density at radius 1 is 1.27 bits per heavy atom. The molecule has 2 heterocycles. The van der Waals surface area contributed by atoms with E-state index in [4.69, 9.17) is 0 Å². The monoisotopic (exact) mass is 355 g/mol. The summed E-state index contributed by atoms with van der Waals surface area (Å²) in [5.41, 5.74) is 3.45. The molecule has 1 aromatic heterocycles. The molecule has 140 valence electrons. The first-order valence-corrected chi connectivity index (χ1v) is 9.53. The zero-order valence-corrected chi connectivity index (χ0v) is 16.1. The topological polar surface area (TPSA) is 69.2 Å². The lowest BCUT2D eigenvalue weighted by Crippen LogP contribution is -2.39. The number of amides is 1. The highest BCUT2D eigenvalue weighted by molar-refractivity contribution is 5.97. The average molecular weight is 355 g/mol. The lowest BCUT2D eigenvalue weighted by molar-refractivity contribution is 0.0702. The molecular weight excluding hydrogens is 326 g/mol. The van der Waals surface area contributed by atoms with Crippen LogP contribution in [-0.4, -0.2) is 39.2 Å². The maximum absolute atomic E-state index is 13.2. The Kier molecular flexibility index (Phi) is 5.35. The van der Waals surface area contributed by atoms with Crippen molar-refractivity contribution in [2.75, 3.05) is 13.1 Å². The Hall–Kier alpha value is -2.30. The van der Waals surface area contributed by atoms with Crippen molar-refractivity contribution in [1.82, 2.24) is 15.1 Å². The number of nitrogens with zero attached hydrogens (tertiary/aromatic N) is 2. The molecule has 1 aromatic carbocycles. The Bertz CT molecular complexity index is 766. The summed E-state index contributed by atoms with van der Waals surface area (Å²) < 4.78 is 0. The number of piperidine rings is 1. The van der Waals surface area contributed by atoms with Gasteiger partial charge in [-0.15, -0.1) is 0 Å². The molecule has 0 spiro atoms. The van der Waals surface area contributed by atoms with E-state index in [0.29, 0.717) is 18.0 Å². The van der Waals surface area contributed by atoms with Gasteiger partial charge in [-0.05, 0) is 47.9 Å². The van der Waals surface area contributed by atoms with Crippen LogP contribution in [-0.2, 0) is 0 Å². The van der Waals surface area contributed by atoms with E-state index in [1.807, 2.05) is 36.9 Å². The highest BCUT2D eigenvalue weighted by Gasteiger charge is 2.29. The molecule has 0 aliphatic carbocycles. The Labute approximate surface area is 155 Å². The largest absolute Gasteiger partial charge is 0.507 e. The number of rotatable bonds is 4. The van der Waals surface area contributed by atoms with Crippen LogP contribution in [0.2, 0.25) is 0 Å². The highest BCUT2D eigenvalue weighted by atomic mass is 16.3. The number of aromatic hydroxyl groups is 1. The van der Waals surface area contributed by atoms with Crippen molar-refractivity contribution in [3.05, 3.63) is 46.8 Å². The summed E-state index contributed by atoms with van der Waals surface area (Å²) >= 11 is 0. The molecule has 2 aromatic rings. The first-order valence-electron chi connectivity index (χ1n) is 9.53. The van der Waals surface area contributed by atoms with Crippen molar-refractivity contribution < 1.29 is 9.90 Å². The van der Waals surface area contributed by atoms with Gasteiger partial charge in [0, 0.05) is 30.9 Å². The van der Waals surface area contributed by atoms with Gasteiger partial charge in [0.15, 0.2) is 0 Å². The lowest BCUT2D eigenvalue weighted by atomic mass is 9.90. The molecule has 0 unspecified atom stereocenters. The highest BCUT2D eigenvalue weighted by Crippen LogP contribution is 2.35. The molecule has 5 nitrogen and oxygen atoms in total. The van der Waals surface area contributed by atoms with Gasteiger partial charge in [0.05, 0.1) is 5.56 Å². The molecule has 1 atom stereocenters. The molecule has 5 heteroatoms. The molecule has 1 saturated heterocycles. The predicted molar refractivity (Wildman–Crippen MR) is 103 cm³/mol. The van der Waals surface area contributed by atoms with Crippen molar-refractivity contribution in [2.45, 2.75) is 58.3 Å². The summed E-state index contributed by atoms with van der Waals surface area (Å²) in [4.78, 5) is 15.1. The van der Waals surface area contributed by atoms with Gasteiger partial charge in [-0.1, -0.05) is 33.8 Å². The maximum atomic E-state index is 13.2. The molecule has 0 saturated carbocycles. The molecule has 1 aliphatic heterocycles. The second kappa shape index (κ2) is 7.52. The van der Waals surface area contributed by atoms with Crippen LogP contribution in [0.15, 0.2) is 24.4 Å². The minimum atomic E-state index is -0.0730. The van der Waals surface area contributed by atoms with Gasteiger partial charge in [0.1, 0.15) is 5.75 Å². The Morgan fingerprint density at radius 3 is 2.65 bits per heavy atom. The quantitative estimate of drug-likeness (QED) is 0.855. The number of phenolic OH excluding ortho intramolecular Hbond substituents is 1. The average Bonchev–Trinajstić information content (AvgIpc) is 3.15. The number of carbonyl (C=O) groups is 1. The lowest BCUT2D eigenvalue weighted by Gasteiger charge is -2.33. The molecule has 2 N–H and O–H groups in total. The number of H-pyrrole nitrogens is 1. The van der Waals surface area contributed by atoms with E-state index in [0.717, 1.165) is 36.2 Å². The van der Waals surface area contributed by atoms with E-state index in [9.17, 15) is 9.90 Å². The fourth-order valence-electron chi connectivity index (χ4n) is 3.70. The second-order valence-electron chi connectivity index (χ2n) is 7.92. The molecule has 1 fully saturated rings. The number of carbonyl (C=O) groups excluding carboxylic acids is 1. The third-order valence-electron chi connectivity index (χ3n) is 5.35. The molecular formula is C21H29N3O2. The van der Waals surface area contributed by atoms with Gasteiger partial charge in [0.2, 0.25) is 0 Å². The molecule has 1 amide bonds. The SMILES string of the molecule is CC(C)c1cc(C(=O)N2CCC[C@H](c3ccn[nH]3)C2)c(O)c(C(C)C)c1. The fraction of sp³-hybridized carbons (Fsp3) is 0.524. The molecule has 1 aliphatic rings. The van der Waals surface area contributed by atoms with Crippen LogP contribution in [0, 0.1) is 0 Å². The van der Waals surface area contributed by atoms with Crippen molar-refractivity contribution in [2.24, 2.45) is 0 Å². The van der Waals surface area contributed by atoms with Gasteiger partial charge in [0.25, 0.3) is 5.91 Å². The number of benzene rings is 1. The van der Waals surface area contributed by atoms with Crippen molar-refractivity contribution in [1.29, 1.82) is 0 Å². The number of aromatic nitrogens is 2. The van der Waals surface area contributed by atoms with Crippen LogP contribution in [0.3, 0.4) is 0 Å². The summed E-state index contributed by atoms with van der Waals surface area (Å²) in [6.45, 7) is 9.69. The van der Waals surface area contributed by atoms with Gasteiger partial charge in [-0.3, -0.25) is 9.89 Å². The van der Waals surface area contributed by atoms with E-state index in [1.54, 1.807) is 6.20 Å². The fourth-order valence-corrected chi connectivity index (χ4v) is 3.70. The number of hydrogen-bond acceptors (Lipinski definition) is 3. The van der Waals surface area contributed by atoms with E-state index < -0.39 is 0 Å². The molecule has 26 heavy (non-hydrogen) atoms. The van der Waals surface area contributed by atoms with Crippen LogP contribution in [0.5, 0.6) is 5.75 Å². The van der Waals surface area contributed by atoms with Crippen LogP contribution in [0.4, 0.5) is 0 Å². The van der Waals surface area contributed by atoms with E-state index in [2.05, 4.69) is 24.0 Å².